The molecular weight excluding hydrogens is 332 g/mol. The van der Waals surface area contributed by atoms with Crippen molar-refractivity contribution in [3.05, 3.63) is 54.2 Å². The molecule has 134 valence electrons. The Kier molecular flexibility index (Phi) is 4.08. The van der Waals surface area contributed by atoms with Crippen molar-refractivity contribution in [3.8, 4) is 11.5 Å². The molecule has 2 N–H and O–H groups in total. The summed E-state index contributed by atoms with van der Waals surface area (Å²) in [6.07, 6.45) is 5.31. The Balaban J connectivity index is 1.68. The fourth-order valence-corrected chi connectivity index (χ4v) is 3.39. The molecule has 3 aromatic rings. The number of rotatable bonds is 4. The number of hydrogen-bond acceptors (Lipinski definition) is 6. The average molecular weight is 352 g/mol. The van der Waals surface area contributed by atoms with Crippen molar-refractivity contribution in [2.45, 2.75) is 31.2 Å². The number of aromatic nitrogens is 2. The van der Waals surface area contributed by atoms with E-state index in [0.29, 0.717) is 23.0 Å². The first-order chi connectivity index (χ1) is 12.6. The van der Waals surface area contributed by atoms with Crippen LogP contribution in [0, 0.1) is 0 Å². The van der Waals surface area contributed by atoms with Crippen LogP contribution in [0.4, 0.5) is 5.69 Å². The molecule has 4 rings (SSSR count). The van der Waals surface area contributed by atoms with Crippen molar-refractivity contribution in [1.29, 1.82) is 0 Å². The second-order valence-corrected chi connectivity index (χ2v) is 6.65. The second-order valence-electron chi connectivity index (χ2n) is 6.65. The van der Waals surface area contributed by atoms with Crippen LogP contribution in [-0.2, 0) is 5.54 Å². The summed E-state index contributed by atoms with van der Waals surface area (Å²) in [6.45, 7) is 0. The molecule has 1 aliphatic carbocycles. The van der Waals surface area contributed by atoms with Crippen LogP contribution in [0.2, 0.25) is 0 Å². The lowest BCUT2D eigenvalue weighted by Gasteiger charge is -2.19. The first-order valence-electron chi connectivity index (χ1n) is 8.62. The lowest BCUT2D eigenvalue weighted by molar-refractivity contribution is 0.0966. The number of hydrogen-bond donors (Lipinski definition) is 1. The Labute approximate surface area is 150 Å². The predicted molar refractivity (Wildman–Crippen MR) is 95.5 cm³/mol. The number of nitrogens with two attached hydrogens (primary N) is 1. The summed E-state index contributed by atoms with van der Waals surface area (Å²) in [5.41, 5.74) is 7.23. The van der Waals surface area contributed by atoms with E-state index in [0.717, 1.165) is 25.7 Å². The van der Waals surface area contributed by atoms with E-state index >= 15 is 0 Å². The molecule has 0 aliphatic heterocycles. The molecule has 1 aliphatic rings. The van der Waals surface area contributed by atoms with Gasteiger partial charge in [0.05, 0.1) is 23.1 Å². The van der Waals surface area contributed by atoms with Crippen LogP contribution >= 0.6 is 0 Å². The minimum Gasteiger partial charge on any atom is -0.459 e. The van der Waals surface area contributed by atoms with E-state index in [4.69, 9.17) is 14.7 Å². The van der Waals surface area contributed by atoms with Gasteiger partial charge in [0.25, 0.3) is 11.8 Å². The van der Waals surface area contributed by atoms with Gasteiger partial charge in [-0.3, -0.25) is 4.79 Å². The first-order valence-corrected chi connectivity index (χ1v) is 8.62. The Morgan fingerprint density at radius 3 is 2.69 bits per heavy atom. The number of furan rings is 1. The molecule has 2 heterocycles. The van der Waals surface area contributed by atoms with E-state index in [2.05, 4.69) is 10.1 Å². The molecule has 0 spiro atoms. The molecule has 7 nitrogen and oxygen atoms in total. The summed E-state index contributed by atoms with van der Waals surface area (Å²) in [5.74, 6) is 0.889. The highest BCUT2D eigenvalue weighted by atomic mass is 16.5. The predicted octanol–water partition coefficient (Wildman–Crippen LogP) is 3.33. The Morgan fingerprint density at radius 2 is 1.96 bits per heavy atom. The Morgan fingerprint density at radius 1 is 1.19 bits per heavy atom. The third kappa shape index (κ3) is 2.80. The van der Waals surface area contributed by atoms with Gasteiger partial charge < -0.3 is 19.6 Å². The summed E-state index contributed by atoms with van der Waals surface area (Å²) in [6, 6.07) is 10.7. The highest BCUT2D eigenvalue weighted by Crippen LogP contribution is 2.36. The van der Waals surface area contributed by atoms with Gasteiger partial charge in [-0.25, -0.2) is 0 Å². The molecule has 26 heavy (non-hydrogen) atoms. The monoisotopic (exact) mass is 352 g/mol. The zero-order valence-electron chi connectivity index (χ0n) is 14.5. The van der Waals surface area contributed by atoms with Gasteiger partial charge in [-0.2, -0.15) is 4.98 Å². The molecule has 1 aromatic carbocycles. The molecule has 0 bridgehead atoms. The number of amides is 1. The molecule has 7 heteroatoms. The third-order valence-corrected chi connectivity index (χ3v) is 4.90. The van der Waals surface area contributed by atoms with E-state index in [-0.39, 0.29) is 11.7 Å². The lowest BCUT2D eigenvalue weighted by Crippen LogP contribution is -2.34. The third-order valence-electron chi connectivity index (χ3n) is 4.90. The number of nitrogens with zero attached hydrogens (tertiary/aromatic N) is 3. The number of benzene rings is 1. The quantitative estimate of drug-likeness (QED) is 0.773. The van der Waals surface area contributed by atoms with Crippen LogP contribution < -0.4 is 10.6 Å². The molecule has 0 radical (unpaired) electrons. The maximum absolute atomic E-state index is 12.6. The molecule has 1 fully saturated rings. The van der Waals surface area contributed by atoms with Crippen LogP contribution in [0.5, 0.6) is 0 Å². The van der Waals surface area contributed by atoms with Gasteiger partial charge >= 0.3 is 0 Å². The molecule has 0 atom stereocenters. The summed E-state index contributed by atoms with van der Waals surface area (Å²) in [4.78, 5) is 18.6. The number of anilines is 1. The largest absolute Gasteiger partial charge is 0.459 e. The average Bonchev–Trinajstić information content (AvgIpc) is 3.41. The fraction of sp³-hybridized carbons (Fsp3) is 0.316. The van der Waals surface area contributed by atoms with Crippen LogP contribution in [0.3, 0.4) is 0 Å². The summed E-state index contributed by atoms with van der Waals surface area (Å²) >= 11 is 0. The maximum atomic E-state index is 12.6. The standard InChI is InChI=1S/C19H20N4O3/c1-23(17(24)15-9-6-12-25-15)14-8-3-2-7-13(14)16-21-18(22-26-16)19(20)10-4-5-11-19/h2-3,6-9,12H,4-5,10-11,20H2,1H3. The molecule has 1 amide bonds. The van der Waals surface area contributed by atoms with Gasteiger partial charge in [0, 0.05) is 7.05 Å². The van der Waals surface area contributed by atoms with E-state index in [1.165, 1.54) is 11.2 Å². The van der Waals surface area contributed by atoms with Crippen molar-refractivity contribution >= 4 is 11.6 Å². The zero-order chi connectivity index (χ0) is 18.1. The molecule has 0 unspecified atom stereocenters. The van der Waals surface area contributed by atoms with Crippen molar-refractivity contribution in [1.82, 2.24) is 10.1 Å². The Hall–Kier alpha value is -2.93. The molecule has 0 saturated heterocycles. The SMILES string of the molecule is CN(C(=O)c1ccco1)c1ccccc1-c1nc(C2(N)CCCC2)no1. The summed E-state index contributed by atoms with van der Waals surface area (Å²) in [5, 5.41) is 4.11. The van der Waals surface area contributed by atoms with Crippen molar-refractivity contribution < 1.29 is 13.7 Å². The zero-order valence-corrected chi connectivity index (χ0v) is 14.5. The first kappa shape index (κ1) is 16.5. The van der Waals surface area contributed by atoms with Gasteiger partial charge in [-0.05, 0) is 37.1 Å². The number of para-hydroxylation sites is 1. The smallest absolute Gasteiger partial charge is 0.293 e. The normalized spacial score (nSPS) is 15.9. The van der Waals surface area contributed by atoms with Gasteiger partial charge in [-0.15, -0.1) is 0 Å². The van der Waals surface area contributed by atoms with Crippen LogP contribution in [0.1, 0.15) is 42.1 Å². The second kappa shape index (κ2) is 6.42. The van der Waals surface area contributed by atoms with Gasteiger partial charge in [0.2, 0.25) is 0 Å². The Bertz CT molecular complexity index is 911. The van der Waals surface area contributed by atoms with Crippen LogP contribution in [-0.4, -0.2) is 23.1 Å². The van der Waals surface area contributed by atoms with E-state index in [1.54, 1.807) is 19.2 Å². The van der Waals surface area contributed by atoms with Gasteiger partial charge in [0.15, 0.2) is 11.6 Å². The van der Waals surface area contributed by atoms with Crippen molar-refractivity contribution in [3.63, 3.8) is 0 Å². The van der Waals surface area contributed by atoms with Gasteiger partial charge in [0.1, 0.15) is 0 Å². The number of carbonyl (C=O) groups is 1. The minimum absolute atomic E-state index is 0.256. The fourth-order valence-electron chi connectivity index (χ4n) is 3.39. The summed E-state index contributed by atoms with van der Waals surface area (Å²) in [7, 11) is 1.68. The van der Waals surface area contributed by atoms with E-state index in [9.17, 15) is 4.79 Å². The molecular formula is C19H20N4O3. The lowest BCUT2D eigenvalue weighted by atomic mass is 9.98. The molecule has 1 saturated carbocycles. The molecule has 2 aromatic heterocycles. The number of carbonyl (C=O) groups excluding carboxylic acids is 1. The van der Waals surface area contributed by atoms with Crippen molar-refractivity contribution in [2.24, 2.45) is 5.73 Å². The van der Waals surface area contributed by atoms with E-state index < -0.39 is 5.54 Å². The topological polar surface area (TPSA) is 98.4 Å². The van der Waals surface area contributed by atoms with Gasteiger partial charge in [-0.1, -0.05) is 30.1 Å². The van der Waals surface area contributed by atoms with Crippen LogP contribution in [0.15, 0.2) is 51.6 Å². The van der Waals surface area contributed by atoms with Crippen LogP contribution in [0.25, 0.3) is 11.5 Å². The maximum Gasteiger partial charge on any atom is 0.293 e. The van der Waals surface area contributed by atoms with E-state index in [1.807, 2.05) is 24.3 Å². The minimum atomic E-state index is -0.521. The van der Waals surface area contributed by atoms with Crippen molar-refractivity contribution in [2.75, 3.05) is 11.9 Å². The highest BCUT2D eigenvalue weighted by Gasteiger charge is 2.36. The summed E-state index contributed by atoms with van der Waals surface area (Å²) < 4.78 is 10.7. The highest BCUT2D eigenvalue weighted by molar-refractivity contribution is 6.05.